The second-order valence-corrected chi connectivity index (χ2v) is 5.90. The molecule has 0 fully saturated rings. The predicted molar refractivity (Wildman–Crippen MR) is 94.9 cm³/mol. The average Bonchev–Trinajstić information content (AvgIpc) is 2.54. The third kappa shape index (κ3) is 3.87. The molecule has 0 radical (unpaired) electrons. The van der Waals surface area contributed by atoms with E-state index in [4.69, 9.17) is 12.2 Å². The Labute approximate surface area is 143 Å². The SMILES string of the molecule is C=CCNC(=S)C(C(=O)c1ccccc1Br)[n+]1ccccc1. The number of halogens is 1. The number of nitrogens with one attached hydrogen (secondary N) is 1. The summed E-state index contributed by atoms with van der Waals surface area (Å²) in [6, 6.07) is 12.4. The Hall–Kier alpha value is -1.85. The molecule has 1 aromatic carbocycles. The zero-order valence-corrected chi connectivity index (χ0v) is 14.3. The highest BCUT2D eigenvalue weighted by molar-refractivity contribution is 9.10. The quantitative estimate of drug-likeness (QED) is 0.364. The van der Waals surface area contributed by atoms with Gasteiger partial charge in [0.15, 0.2) is 17.4 Å². The van der Waals surface area contributed by atoms with Crippen LogP contribution in [0.25, 0.3) is 0 Å². The molecule has 0 spiro atoms. The molecule has 1 heterocycles. The first kappa shape index (κ1) is 16.5. The molecule has 1 atom stereocenters. The Morgan fingerprint density at radius 1 is 1.27 bits per heavy atom. The molecule has 0 saturated carbocycles. The van der Waals surface area contributed by atoms with Gasteiger partial charge in [-0.15, -0.1) is 6.58 Å². The molecule has 0 aliphatic rings. The number of aromatic nitrogens is 1. The molecule has 5 heteroatoms. The number of nitrogens with zero attached hydrogens (tertiary/aromatic N) is 1. The van der Waals surface area contributed by atoms with Crippen LogP contribution in [0.4, 0.5) is 0 Å². The first-order valence-corrected chi connectivity index (χ1v) is 7.98. The molecule has 2 rings (SSSR count). The van der Waals surface area contributed by atoms with E-state index < -0.39 is 6.04 Å². The minimum absolute atomic E-state index is 0.0646. The van der Waals surface area contributed by atoms with E-state index in [9.17, 15) is 4.79 Å². The Balaban J connectivity index is 2.40. The normalized spacial score (nSPS) is 11.5. The largest absolute Gasteiger partial charge is 0.370 e. The monoisotopic (exact) mass is 375 g/mol. The summed E-state index contributed by atoms with van der Waals surface area (Å²) in [5.74, 6) is -0.0646. The molecular formula is C17H16BrN2OS+. The maximum Gasteiger partial charge on any atom is 0.270 e. The number of rotatable bonds is 6. The van der Waals surface area contributed by atoms with Gasteiger partial charge >= 0.3 is 0 Å². The smallest absolute Gasteiger partial charge is 0.270 e. The van der Waals surface area contributed by atoms with Gasteiger partial charge in [0.1, 0.15) is 0 Å². The number of thiocarbonyl (C=S) groups is 1. The van der Waals surface area contributed by atoms with Crippen LogP contribution in [0.1, 0.15) is 16.4 Å². The van der Waals surface area contributed by atoms with E-state index in [1.165, 1.54) is 0 Å². The van der Waals surface area contributed by atoms with Crippen molar-refractivity contribution in [2.45, 2.75) is 6.04 Å². The number of hydrogen-bond donors (Lipinski definition) is 1. The Morgan fingerprint density at radius 2 is 1.95 bits per heavy atom. The minimum atomic E-state index is -0.588. The number of ketones is 1. The van der Waals surface area contributed by atoms with Gasteiger partial charge < -0.3 is 5.32 Å². The van der Waals surface area contributed by atoms with Crippen LogP contribution in [0.3, 0.4) is 0 Å². The molecule has 22 heavy (non-hydrogen) atoms. The topological polar surface area (TPSA) is 33.0 Å². The fourth-order valence-corrected chi connectivity index (χ4v) is 2.84. The Bertz CT molecular complexity index is 688. The van der Waals surface area contributed by atoms with Crippen molar-refractivity contribution in [2.75, 3.05) is 6.54 Å². The van der Waals surface area contributed by atoms with Crippen molar-refractivity contribution >= 4 is 38.9 Å². The Kier molecular flexibility index (Phi) is 5.98. The van der Waals surface area contributed by atoms with Crippen LogP contribution in [-0.4, -0.2) is 17.3 Å². The summed E-state index contributed by atoms with van der Waals surface area (Å²) in [5.41, 5.74) is 0.603. The van der Waals surface area contributed by atoms with E-state index in [1.54, 1.807) is 16.7 Å². The van der Waals surface area contributed by atoms with Crippen molar-refractivity contribution < 1.29 is 9.36 Å². The molecule has 2 aromatic rings. The summed E-state index contributed by atoms with van der Waals surface area (Å²) >= 11 is 8.86. The van der Waals surface area contributed by atoms with Gasteiger partial charge in [-0.1, -0.05) is 52.4 Å². The number of carbonyl (C=O) groups is 1. The van der Waals surface area contributed by atoms with Gasteiger partial charge in [0.05, 0.1) is 0 Å². The molecule has 0 amide bonds. The van der Waals surface area contributed by atoms with Crippen molar-refractivity contribution in [3.8, 4) is 0 Å². The van der Waals surface area contributed by atoms with E-state index >= 15 is 0 Å². The van der Waals surface area contributed by atoms with E-state index in [0.29, 0.717) is 17.1 Å². The van der Waals surface area contributed by atoms with Gasteiger partial charge in [-0.3, -0.25) is 4.79 Å². The van der Waals surface area contributed by atoms with Crippen LogP contribution in [-0.2, 0) is 0 Å². The zero-order valence-electron chi connectivity index (χ0n) is 11.9. The van der Waals surface area contributed by atoms with Crippen LogP contribution in [0.15, 0.2) is 72.0 Å². The molecule has 112 valence electrons. The highest BCUT2D eigenvalue weighted by Gasteiger charge is 2.33. The maximum atomic E-state index is 13.0. The number of Topliss-reactive ketones (excluding diaryl/α,β-unsaturated/α-hetero) is 1. The van der Waals surface area contributed by atoms with Crippen molar-refractivity contribution in [1.29, 1.82) is 0 Å². The molecule has 0 saturated heterocycles. The van der Waals surface area contributed by atoms with Crippen molar-refractivity contribution in [2.24, 2.45) is 0 Å². The van der Waals surface area contributed by atoms with Gasteiger partial charge in [0.2, 0.25) is 5.78 Å². The molecule has 1 N–H and O–H groups in total. The fraction of sp³-hybridized carbons (Fsp3) is 0.118. The molecule has 0 aliphatic heterocycles. The zero-order chi connectivity index (χ0) is 15.9. The summed E-state index contributed by atoms with van der Waals surface area (Å²) in [6.45, 7) is 4.18. The maximum absolute atomic E-state index is 13.0. The van der Waals surface area contributed by atoms with Crippen molar-refractivity contribution in [1.82, 2.24) is 5.32 Å². The number of carbonyl (C=O) groups excluding carboxylic acids is 1. The lowest BCUT2D eigenvalue weighted by atomic mass is 10.0. The highest BCUT2D eigenvalue weighted by atomic mass is 79.9. The first-order chi connectivity index (χ1) is 10.6. The Morgan fingerprint density at radius 3 is 2.59 bits per heavy atom. The van der Waals surface area contributed by atoms with E-state index in [0.717, 1.165) is 4.47 Å². The van der Waals surface area contributed by atoms with Crippen LogP contribution < -0.4 is 9.88 Å². The number of hydrogen-bond acceptors (Lipinski definition) is 2. The average molecular weight is 376 g/mol. The van der Waals surface area contributed by atoms with Gasteiger partial charge in [-0.2, -0.15) is 4.57 Å². The van der Waals surface area contributed by atoms with Gasteiger partial charge in [-0.05, 0) is 12.1 Å². The molecule has 0 aliphatic carbocycles. The third-order valence-electron chi connectivity index (χ3n) is 3.09. The standard InChI is InChI=1S/C17H15BrN2OS/c1-2-10-19-17(22)15(20-11-6-3-7-12-20)16(21)13-8-4-5-9-14(13)18/h2-9,11-12,15H,1,10H2/p+1. The van der Waals surface area contributed by atoms with E-state index in [-0.39, 0.29) is 5.78 Å². The fourth-order valence-electron chi connectivity index (χ4n) is 2.05. The van der Waals surface area contributed by atoms with Crippen LogP contribution in [0, 0.1) is 0 Å². The summed E-state index contributed by atoms with van der Waals surface area (Å²) < 4.78 is 2.56. The van der Waals surface area contributed by atoms with Gasteiger partial charge in [-0.25, -0.2) is 0 Å². The summed E-state index contributed by atoms with van der Waals surface area (Å²) in [4.78, 5) is 13.4. The molecular weight excluding hydrogens is 360 g/mol. The van der Waals surface area contributed by atoms with Crippen LogP contribution in [0.5, 0.6) is 0 Å². The number of pyridine rings is 1. The lowest BCUT2D eigenvalue weighted by Gasteiger charge is -2.14. The van der Waals surface area contributed by atoms with Gasteiger partial charge in [0.25, 0.3) is 6.04 Å². The molecule has 1 aromatic heterocycles. The van der Waals surface area contributed by atoms with Crippen LogP contribution in [0.2, 0.25) is 0 Å². The lowest BCUT2D eigenvalue weighted by molar-refractivity contribution is -0.692. The first-order valence-electron chi connectivity index (χ1n) is 6.78. The molecule has 0 bridgehead atoms. The highest BCUT2D eigenvalue weighted by Crippen LogP contribution is 2.20. The number of benzene rings is 1. The molecule has 1 unspecified atom stereocenters. The second-order valence-electron chi connectivity index (χ2n) is 4.60. The minimum Gasteiger partial charge on any atom is -0.370 e. The second kappa shape index (κ2) is 7.96. The third-order valence-corrected chi connectivity index (χ3v) is 4.15. The summed E-state index contributed by atoms with van der Waals surface area (Å²) in [6.07, 6.45) is 5.38. The predicted octanol–water partition coefficient (Wildman–Crippen LogP) is 3.26. The van der Waals surface area contributed by atoms with E-state index in [2.05, 4.69) is 27.8 Å². The summed E-state index contributed by atoms with van der Waals surface area (Å²) in [5, 5.41) is 3.06. The summed E-state index contributed by atoms with van der Waals surface area (Å²) in [7, 11) is 0. The lowest BCUT2D eigenvalue weighted by Crippen LogP contribution is -2.51. The van der Waals surface area contributed by atoms with Crippen molar-refractivity contribution in [3.05, 3.63) is 77.5 Å². The van der Waals surface area contributed by atoms with Crippen LogP contribution >= 0.6 is 28.1 Å². The molecule has 3 nitrogen and oxygen atoms in total. The van der Waals surface area contributed by atoms with E-state index in [1.807, 2.05) is 48.8 Å². The van der Waals surface area contributed by atoms with Gasteiger partial charge in [0, 0.05) is 28.7 Å². The van der Waals surface area contributed by atoms with Crippen molar-refractivity contribution in [3.63, 3.8) is 0 Å².